The number of ether oxygens (including phenoxy) is 2. The molecule has 5 heteroatoms. The van der Waals surface area contributed by atoms with Gasteiger partial charge < -0.3 is 9.47 Å². The molecule has 4 nitrogen and oxygen atoms in total. The van der Waals surface area contributed by atoms with E-state index < -0.39 is 6.04 Å². The summed E-state index contributed by atoms with van der Waals surface area (Å²) in [5, 5.41) is 3.00. The molecule has 0 saturated carbocycles. The van der Waals surface area contributed by atoms with E-state index in [0.717, 1.165) is 0 Å². The summed E-state index contributed by atoms with van der Waals surface area (Å²) < 4.78 is 23.9. The van der Waals surface area contributed by atoms with Crippen molar-refractivity contribution in [2.45, 2.75) is 32.9 Å². The van der Waals surface area contributed by atoms with Gasteiger partial charge in [-0.3, -0.25) is 10.1 Å². The third-order valence-corrected chi connectivity index (χ3v) is 2.81. The maximum Gasteiger partial charge on any atom is 0.322 e. The Morgan fingerprint density at radius 2 is 2.11 bits per heavy atom. The van der Waals surface area contributed by atoms with E-state index in [2.05, 4.69) is 5.32 Å². The minimum Gasteiger partial charge on any atom is -0.496 e. The van der Waals surface area contributed by atoms with Crippen molar-refractivity contribution >= 4 is 5.97 Å². The number of esters is 1. The van der Waals surface area contributed by atoms with Crippen LogP contribution in [0.4, 0.5) is 4.39 Å². The fourth-order valence-corrected chi connectivity index (χ4v) is 1.91. The number of carbonyl (C=O) groups is 1. The minimum absolute atomic E-state index is 0.322. The average Bonchev–Trinajstić information content (AvgIpc) is 2.38. The number of hydrogen-bond donors (Lipinski definition) is 1. The predicted molar refractivity (Wildman–Crippen MR) is 70.6 cm³/mol. The summed E-state index contributed by atoms with van der Waals surface area (Å²) in [7, 11) is 1.49. The minimum atomic E-state index is -0.515. The van der Waals surface area contributed by atoms with Gasteiger partial charge in [0.25, 0.3) is 0 Å². The first-order chi connectivity index (χ1) is 9.01. The molecule has 0 fully saturated rings. The van der Waals surface area contributed by atoms with E-state index in [1.54, 1.807) is 32.9 Å². The molecule has 0 saturated heterocycles. The van der Waals surface area contributed by atoms with Crippen LogP contribution in [0.15, 0.2) is 18.2 Å². The molecule has 1 aromatic carbocycles. The van der Waals surface area contributed by atoms with E-state index >= 15 is 0 Å². The van der Waals surface area contributed by atoms with E-state index in [9.17, 15) is 9.18 Å². The molecule has 106 valence electrons. The Morgan fingerprint density at radius 1 is 1.42 bits per heavy atom. The van der Waals surface area contributed by atoms with Crippen LogP contribution in [0, 0.1) is 5.82 Å². The van der Waals surface area contributed by atoms with E-state index in [0.29, 0.717) is 17.9 Å². The number of halogens is 1. The quantitative estimate of drug-likeness (QED) is 0.806. The topological polar surface area (TPSA) is 47.6 Å². The zero-order valence-electron chi connectivity index (χ0n) is 11.7. The number of rotatable bonds is 6. The monoisotopic (exact) mass is 269 g/mol. The summed E-state index contributed by atoms with van der Waals surface area (Å²) in [5.41, 5.74) is 0.404. The van der Waals surface area contributed by atoms with E-state index in [1.165, 1.54) is 13.2 Å². The first kappa shape index (κ1) is 15.4. The largest absolute Gasteiger partial charge is 0.496 e. The number of benzene rings is 1. The molecule has 0 bridgehead atoms. The van der Waals surface area contributed by atoms with Crippen molar-refractivity contribution in [3.05, 3.63) is 29.6 Å². The number of nitrogens with one attached hydrogen (secondary N) is 1. The van der Waals surface area contributed by atoms with Gasteiger partial charge in [-0.25, -0.2) is 4.39 Å². The molecular weight excluding hydrogens is 249 g/mol. The standard InChI is InChI=1S/C14H20FNO3/c1-5-19-14(17)10(3)16-9(2)13-11(15)7-6-8-12(13)18-4/h6-10,16H,5H2,1-4H3. The molecule has 2 atom stereocenters. The number of carbonyl (C=O) groups excluding carboxylic acids is 1. The van der Waals surface area contributed by atoms with Crippen molar-refractivity contribution < 1.29 is 18.7 Å². The van der Waals surface area contributed by atoms with Gasteiger partial charge in [-0.15, -0.1) is 0 Å². The van der Waals surface area contributed by atoms with Crippen LogP contribution in [0.3, 0.4) is 0 Å². The fraction of sp³-hybridized carbons (Fsp3) is 0.500. The van der Waals surface area contributed by atoms with Crippen LogP contribution in [-0.4, -0.2) is 25.7 Å². The van der Waals surface area contributed by atoms with Gasteiger partial charge in [-0.2, -0.15) is 0 Å². The first-order valence-corrected chi connectivity index (χ1v) is 6.26. The van der Waals surface area contributed by atoms with Crippen LogP contribution in [0.5, 0.6) is 5.75 Å². The third-order valence-electron chi connectivity index (χ3n) is 2.81. The van der Waals surface area contributed by atoms with Gasteiger partial charge in [0, 0.05) is 11.6 Å². The Bertz CT molecular complexity index is 437. The summed E-state index contributed by atoms with van der Waals surface area (Å²) in [4.78, 5) is 11.5. The Kier molecular flexibility index (Phi) is 5.76. The fourth-order valence-electron chi connectivity index (χ4n) is 1.91. The number of hydrogen-bond acceptors (Lipinski definition) is 4. The van der Waals surface area contributed by atoms with Crippen LogP contribution in [0.2, 0.25) is 0 Å². The van der Waals surface area contributed by atoms with Crippen molar-refractivity contribution in [1.82, 2.24) is 5.32 Å². The molecule has 0 spiro atoms. The lowest BCUT2D eigenvalue weighted by atomic mass is 10.1. The molecular formula is C14H20FNO3. The van der Waals surface area contributed by atoms with Crippen molar-refractivity contribution in [2.75, 3.05) is 13.7 Å². The molecule has 0 aliphatic carbocycles. The van der Waals surface area contributed by atoms with Crippen molar-refractivity contribution in [2.24, 2.45) is 0 Å². The first-order valence-electron chi connectivity index (χ1n) is 6.26. The Hall–Kier alpha value is -1.62. The summed E-state index contributed by atoms with van der Waals surface area (Å²) in [5.74, 6) is -0.267. The highest BCUT2D eigenvalue weighted by molar-refractivity contribution is 5.75. The molecule has 0 aromatic heterocycles. The molecule has 1 rings (SSSR count). The van der Waals surface area contributed by atoms with Gasteiger partial charge in [-0.05, 0) is 32.9 Å². The normalized spacial score (nSPS) is 13.7. The van der Waals surface area contributed by atoms with Gasteiger partial charge in [-0.1, -0.05) is 6.07 Å². The van der Waals surface area contributed by atoms with Crippen molar-refractivity contribution in [1.29, 1.82) is 0 Å². The summed E-state index contributed by atoms with van der Waals surface area (Å²) in [6, 6.07) is 3.75. The highest BCUT2D eigenvalue weighted by Crippen LogP contribution is 2.27. The van der Waals surface area contributed by atoms with E-state index in [1.807, 2.05) is 0 Å². The summed E-state index contributed by atoms with van der Waals surface area (Å²) >= 11 is 0. The molecule has 0 radical (unpaired) electrons. The van der Waals surface area contributed by atoms with Gasteiger partial charge in [0.2, 0.25) is 0 Å². The Balaban J connectivity index is 2.83. The molecule has 0 amide bonds. The summed E-state index contributed by atoms with van der Waals surface area (Å²) in [6.07, 6.45) is 0. The van der Waals surface area contributed by atoms with Crippen molar-refractivity contribution in [3.8, 4) is 5.75 Å². The second-order valence-electron chi connectivity index (χ2n) is 4.22. The molecule has 19 heavy (non-hydrogen) atoms. The lowest BCUT2D eigenvalue weighted by molar-refractivity contribution is -0.145. The molecule has 0 aliphatic heterocycles. The van der Waals surface area contributed by atoms with Crippen LogP contribution in [0.25, 0.3) is 0 Å². The second-order valence-corrected chi connectivity index (χ2v) is 4.22. The van der Waals surface area contributed by atoms with Crippen LogP contribution in [0.1, 0.15) is 32.4 Å². The number of methoxy groups -OCH3 is 1. The lowest BCUT2D eigenvalue weighted by Gasteiger charge is -2.21. The zero-order chi connectivity index (χ0) is 14.4. The van der Waals surface area contributed by atoms with Gasteiger partial charge in [0.05, 0.1) is 13.7 Å². The Labute approximate surface area is 112 Å². The maximum absolute atomic E-state index is 13.9. The zero-order valence-corrected chi connectivity index (χ0v) is 11.7. The van der Waals surface area contributed by atoms with E-state index in [-0.39, 0.29) is 17.8 Å². The van der Waals surface area contributed by atoms with Crippen LogP contribution in [-0.2, 0) is 9.53 Å². The highest BCUT2D eigenvalue weighted by atomic mass is 19.1. The SMILES string of the molecule is CCOC(=O)C(C)NC(C)c1c(F)cccc1OC. The molecule has 1 N–H and O–H groups in total. The molecule has 0 heterocycles. The Morgan fingerprint density at radius 3 is 2.68 bits per heavy atom. The second kappa shape index (κ2) is 7.09. The highest BCUT2D eigenvalue weighted by Gasteiger charge is 2.21. The van der Waals surface area contributed by atoms with Crippen LogP contribution < -0.4 is 10.1 Å². The average molecular weight is 269 g/mol. The van der Waals surface area contributed by atoms with Gasteiger partial charge in [0.1, 0.15) is 17.6 Å². The maximum atomic E-state index is 13.9. The third kappa shape index (κ3) is 3.92. The predicted octanol–water partition coefficient (Wildman–Crippen LogP) is 2.44. The van der Waals surface area contributed by atoms with E-state index in [4.69, 9.17) is 9.47 Å². The molecule has 0 aliphatic rings. The lowest BCUT2D eigenvalue weighted by Crippen LogP contribution is -2.37. The van der Waals surface area contributed by atoms with Crippen molar-refractivity contribution in [3.63, 3.8) is 0 Å². The molecule has 1 aromatic rings. The smallest absolute Gasteiger partial charge is 0.322 e. The van der Waals surface area contributed by atoms with Gasteiger partial charge in [0.15, 0.2) is 0 Å². The molecule has 2 unspecified atom stereocenters. The summed E-state index contributed by atoms with van der Waals surface area (Å²) in [6.45, 7) is 5.52. The van der Waals surface area contributed by atoms with Gasteiger partial charge >= 0.3 is 5.97 Å². The van der Waals surface area contributed by atoms with Crippen LogP contribution >= 0.6 is 0 Å².